The van der Waals surface area contributed by atoms with E-state index >= 15 is 0 Å². The number of nitrogens with zero attached hydrogens (tertiary/aromatic N) is 2. The molecule has 0 amide bonds. The van der Waals surface area contributed by atoms with Gasteiger partial charge in [-0.2, -0.15) is 0 Å². The SMILES string of the molecule is Nc1nc(COC(=O)CCc2c[nH]c3ccccc23)nc2ccccc12. The number of esters is 1. The molecule has 0 aliphatic rings. The molecule has 130 valence electrons. The Morgan fingerprint density at radius 2 is 1.81 bits per heavy atom. The van der Waals surface area contributed by atoms with Crippen molar-refractivity contribution in [2.45, 2.75) is 19.4 Å². The van der Waals surface area contributed by atoms with Crippen molar-refractivity contribution < 1.29 is 9.53 Å². The minimum Gasteiger partial charge on any atom is -0.457 e. The molecular formula is C20H18N4O2. The number of fused-ring (bicyclic) bond motifs is 2. The lowest BCUT2D eigenvalue weighted by molar-refractivity contribution is -0.145. The third-order valence-corrected chi connectivity index (χ3v) is 4.31. The lowest BCUT2D eigenvalue weighted by Gasteiger charge is -2.06. The second kappa shape index (κ2) is 6.84. The summed E-state index contributed by atoms with van der Waals surface area (Å²) in [7, 11) is 0. The highest BCUT2D eigenvalue weighted by Gasteiger charge is 2.10. The molecule has 0 saturated carbocycles. The van der Waals surface area contributed by atoms with Gasteiger partial charge in [-0.05, 0) is 30.2 Å². The number of nitrogen functional groups attached to an aromatic ring is 1. The summed E-state index contributed by atoms with van der Waals surface area (Å²) >= 11 is 0. The van der Waals surface area contributed by atoms with Gasteiger partial charge in [0.15, 0.2) is 12.4 Å². The molecule has 6 nitrogen and oxygen atoms in total. The molecule has 0 unspecified atom stereocenters. The zero-order valence-corrected chi connectivity index (χ0v) is 14.1. The van der Waals surface area contributed by atoms with Gasteiger partial charge in [0.05, 0.1) is 5.52 Å². The van der Waals surface area contributed by atoms with Gasteiger partial charge in [-0.15, -0.1) is 0 Å². The topological polar surface area (TPSA) is 93.9 Å². The number of hydrogen-bond acceptors (Lipinski definition) is 5. The molecule has 0 radical (unpaired) electrons. The van der Waals surface area contributed by atoms with Crippen molar-refractivity contribution in [2.24, 2.45) is 0 Å². The van der Waals surface area contributed by atoms with Crippen LogP contribution in [0.2, 0.25) is 0 Å². The van der Waals surface area contributed by atoms with Gasteiger partial charge < -0.3 is 15.5 Å². The zero-order valence-electron chi connectivity index (χ0n) is 14.1. The Hall–Kier alpha value is -3.41. The van der Waals surface area contributed by atoms with Crippen LogP contribution in [0.15, 0.2) is 54.7 Å². The molecule has 2 aromatic heterocycles. The number of para-hydroxylation sites is 2. The molecule has 0 spiro atoms. The first-order valence-corrected chi connectivity index (χ1v) is 8.42. The summed E-state index contributed by atoms with van der Waals surface area (Å²) in [5.74, 6) is 0.507. The van der Waals surface area contributed by atoms with E-state index in [1.807, 2.05) is 54.7 Å². The lowest BCUT2D eigenvalue weighted by atomic mass is 10.1. The van der Waals surface area contributed by atoms with E-state index in [4.69, 9.17) is 10.5 Å². The number of aryl methyl sites for hydroxylation is 1. The fourth-order valence-electron chi connectivity index (χ4n) is 3.01. The number of nitrogens with two attached hydrogens (primary N) is 1. The van der Waals surface area contributed by atoms with Gasteiger partial charge in [0.2, 0.25) is 0 Å². The summed E-state index contributed by atoms with van der Waals surface area (Å²) in [5, 5.41) is 1.92. The minimum absolute atomic E-state index is 0.0156. The number of hydrogen-bond donors (Lipinski definition) is 2. The molecule has 4 aromatic rings. The second-order valence-electron chi connectivity index (χ2n) is 6.06. The average molecular weight is 346 g/mol. The Morgan fingerprint density at radius 3 is 2.69 bits per heavy atom. The van der Waals surface area contributed by atoms with Crippen LogP contribution < -0.4 is 5.73 Å². The highest BCUT2D eigenvalue weighted by molar-refractivity contribution is 5.87. The van der Waals surface area contributed by atoms with Crippen LogP contribution in [-0.2, 0) is 22.6 Å². The van der Waals surface area contributed by atoms with Crippen LogP contribution in [0.1, 0.15) is 17.8 Å². The predicted octanol–water partition coefficient (Wildman–Crippen LogP) is 3.37. The molecular weight excluding hydrogens is 328 g/mol. The molecule has 2 aromatic carbocycles. The van der Waals surface area contributed by atoms with Crippen LogP contribution in [0.3, 0.4) is 0 Å². The van der Waals surface area contributed by atoms with E-state index in [1.165, 1.54) is 0 Å². The molecule has 0 atom stereocenters. The number of aromatic amines is 1. The van der Waals surface area contributed by atoms with Gasteiger partial charge in [-0.1, -0.05) is 30.3 Å². The van der Waals surface area contributed by atoms with Crippen molar-refractivity contribution in [3.8, 4) is 0 Å². The molecule has 26 heavy (non-hydrogen) atoms. The van der Waals surface area contributed by atoms with E-state index in [-0.39, 0.29) is 12.6 Å². The molecule has 0 bridgehead atoms. The van der Waals surface area contributed by atoms with Crippen molar-refractivity contribution in [1.29, 1.82) is 0 Å². The summed E-state index contributed by atoms with van der Waals surface area (Å²) in [5.41, 5.74) is 8.85. The largest absolute Gasteiger partial charge is 0.457 e. The van der Waals surface area contributed by atoms with Crippen molar-refractivity contribution in [1.82, 2.24) is 15.0 Å². The number of benzene rings is 2. The Balaban J connectivity index is 1.38. The summed E-state index contributed by atoms with van der Waals surface area (Å²) in [6, 6.07) is 15.5. The van der Waals surface area contributed by atoms with Gasteiger partial charge in [0, 0.05) is 28.9 Å². The maximum atomic E-state index is 12.1. The number of carbonyl (C=O) groups is 1. The Morgan fingerprint density at radius 1 is 1.04 bits per heavy atom. The van der Waals surface area contributed by atoms with E-state index in [0.29, 0.717) is 24.5 Å². The normalized spacial score (nSPS) is 11.1. The molecule has 6 heteroatoms. The van der Waals surface area contributed by atoms with Gasteiger partial charge >= 0.3 is 5.97 Å². The lowest BCUT2D eigenvalue weighted by Crippen LogP contribution is -2.09. The highest BCUT2D eigenvalue weighted by Crippen LogP contribution is 2.20. The highest BCUT2D eigenvalue weighted by atomic mass is 16.5. The number of ether oxygens (including phenoxy) is 1. The van der Waals surface area contributed by atoms with Crippen LogP contribution >= 0.6 is 0 Å². The molecule has 0 saturated heterocycles. The second-order valence-corrected chi connectivity index (χ2v) is 6.06. The summed E-state index contributed by atoms with van der Waals surface area (Å²) in [6.45, 7) is 0.0156. The standard InChI is InChI=1S/C20H18N4O2/c21-20-15-6-2-4-8-17(15)23-18(24-20)12-26-19(25)10-9-13-11-22-16-7-3-1-5-14(13)16/h1-8,11,22H,9-10,12H2,(H2,21,23,24). The van der Waals surface area contributed by atoms with Gasteiger partial charge in [0.1, 0.15) is 5.82 Å². The summed E-state index contributed by atoms with van der Waals surface area (Å²) in [6.07, 6.45) is 2.85. The number of carbonyl (C=O) groups excluding carboxylic acids is 1. The molecule has 0 aliphatic heterocycles. The number of nitrogens with one attached hydrogen (secondary N) is 1. The maximum Gasteiger partial charge on any atom is 0.306 e. The molecule has 3 N–H and O–H groups in total. The van der Waals surface area contributed by atoms with Crippen LogP contribution in [0.25, 0.3) is 21.8 Å². The van der Waals surface area contributed by atoms with E-state index in [2.05, 4.69) is 15.0 Å². The number of aromatic nitrogens is 3. The summed E-state index contributed by atoms with van der Waals surface area (Å²) in [4.78, 5) is 23.9. The fourth-order valence-corrected chi connectivity index (χ4v) is 3.01. The zero-order chi connectivity index (χ0) is 17.9. The first-order valence-electron chi connectivity index (χ1n) is 8.42. The first-order chi connectivity index (χ1) is 12.7. The quantitative estimate of drug-likeness (QED) is 0.540. The van der Waals surface area contributed by atoms with E-state index in [9.17, 15) is 4.79 Å². The predicted molar refractivity (Wildman–Crippen MR) is 100 cm³/mol. The van der Waals surface area contributed by atoms with Crippen LogP contribution in [0, 0.1) is 0 Å². The fraction of sp³-hybridized carbons (Fsp3) is 0.150. The maximum absolute atomic E-state index is 12.1. The monoisotopic (exact) mass is 346 g/mol. The van der Waals surface area contributed by atoms with Gasteiger partial charge in [0.25, 0.3) is 0 Å². The molecule has 0 fully saturated rings. The average Bonchev–Trinajstić information content (AvgIpc) is 3.08. The molecule has 0 aliphatic carbocycles. The van der Waals surface area contributed by atoms with E-state index < -0.39 is 0 Å². The van der Waals surface area contributed by atoms with E-state index in [1.54, 1.807) is 0 Å². The summed E-state index contributed by atoms with van der Waals surface area (Å²) < 4.78 is 5.31. The first kappa shape index (κ1) is 16.1. The Kier molecular flexibility index (Phi) is 4.23. The number of rotatable bonds is 5. The Labute approximate surface area is 150 Å². The smallest absolute Gasteiger partial charge is 0.306 e. The van der Waals surface area contributed by atoms with E-state index in [0.717, 1.165) is 27.4 Å². The van der Waals surface area contributed by atoms with Crippen LogP contribution in [-0.4, -0.2) is 20.9 Å². The molecule has 4 rings (SSSR count). The molecule has 2 heterocycles. The van der Waals surface area contributed by atoms with Crippen molar-refractivity contribution in [3.63, 3.8) is 0 Å². The van der Waals surface area contributed by atoms with Crippen molar-refractivity contribution >= 4 is 33.6 Å². The third kappa shape index (κ3) is 3.21. The van der Waals surface area contributed by atoms with Crippen molar-refractivity contribution in [3.05, 3.63) is 66.1 Å². The van der Waals surface area contributed by atoms with Gasteiger partial charge in [-0.25, -0.2) is 9.97 Å². The third-order valence-electron chi connectivity index (χ3n) is 4.31. The Bertz CT molecular complexity index is 1090. The minimum atomic E-state index is -0.286. The van der Waals surface area contributed by atoms with Gasteiger partial charge in [-0.3, -0.25) is 4.79 Å². The number of anilines is 1. The van der Waals surface area contributed by atoms with Crippen molar-refractivity contribution in [2.75, 3.05) is 5.73 Å². The van der Waals surface area contributed by atoms with Crippen LogP contribution in [0.4, 0.5) is 5.82 Å². The van der Waals surface area contributed by atoms with Crippen LogP contribution in [0.5, 0.6) is 0 Å². The number of H-pyrrole nitrogens is 1.